The van der Waals surface area contributed by atoms with Gasteiger partial charge < -0.3 is 11.1 Å². The fourth-order valence-electron chi connectivity index (χ4n) is 1.79. The molecule has 0 unspecified atom stereocenters. The minimum Gasteiger partial charge on any atom is -0.397 e. The van der Waals surface area contributed by atoms with Crippen molar-refractivity contribution in [3.8, 4) is 0 Å². The molecule has 0 spiro atoms. The number of anilines is 1. The summed E-state index contributed by atoms with van der Waals surface area (Å²) >= 11 is 11.7. The van der Waals surface area contributed by atoms with Crippen molar-refractivity contribution in [2.45, 2.75) is 17.2 Å². The van der Waals surface area contributed by atoms with Crippen molar-refractivity contribution in [3.63, 3.8) is 0 Å². The number of thiophene rings is 1. The highest BCUT2D eigenvalue weighted by Crippen LogP contribution is 2.32. The molecule has 2 rings (SSSR count). The van der Waals surface area contributed by atoms with Crippen molar-refractivity contribution in [1.29, 1.82) is 0 Å². The van der Waals surface area contributed by atoms with Crippen LogP contribution in [-0.4, -0.2) is 13.5 Å². The van der Waals surface area contributed by atoms with Crippen molar-refractivity contribution in [2.75, 3.05) is 5.73 Å². The van der Waals surface area contributed by atoms with Gasteiger partial charge in [-0.3, -0.25) is 4.72 Å². The summed E-state index contributed by atoms with van der Waals surface area (Å²) in [6.07, 6.45) is 0. The zero-order chi connectivity index (χ0) is 16.3. The van der Waals surface area contributed by atoms with Crippen molar-refractivity contribution in [2.24, 2.45) is 0 Å². The van der Waals surface area contributed by atoms with E-state index in [-0.39, 0.29) is 21.1 Å². The first-order valence-corrected chi connectivity index (χ1v) is 9.31. The minimum atomic E-state index is -3.84. The third-order valence-corrected chi connectivity index (χ3v) is 6.34. The maximum absolute atomic E-state index is 12.2. The number of benzene rings is 1. The highest BCUT2D eigenvalue weighted by Gasteiger charge is 2.22. The van der Waals surface area contributed by atoms with Crippen LogP contribution >= 0.6 is 35.2 Å². The Morgan fingerprint density at radius 1 is 1.36 bits per heavy atom. The number of hydrogen-bond acceptors (Lipinski definition) is 5. The van der Waals surface area contributed by atoms with E-state index in [1.165, 1.54) is 6.07 Å². The summed E-state index contributed by atoms with van der Waals surface area (Å²) in [5, 5.41) is 2.92. The zero-order valence-electron chi connectivity index (χ0n) is 11.5. The molecule has 0 saturated heterocycles. The molecule has 0 aliphatic heterocycles. The Balaban J connectivity index is 2.07. The summed E-state index contributed by atoms with van der Waals surface area (Å²) in [7, 11) is -3.84. The number of halogens is 1. The Morgan fingerprint density at radius 3 is 2.55 bits per heavy atom. The predicted octanol–water partition coefficient (Wildman–Crippen LogP) is 2.90. The quantitative estimate of drug-likeness (QED) is 0.715. The van der Waals surface area contributed by atoms with Gasteiger partial charge in [-0.15, -0.1) is 11.3 Å². The number of hydrogen-bond donors (Lipinski definition) is 3. The number of rotatable bonds is 4. The van der Waals surface area contributed by atoms with E-state index in [4.69, 9.17) is 29.6 Å². The molecule has 0 bridgehead atoms. The van der Waals surface area contributed by atoms with Crippen LogP contribution in [0.25, 0.3) is 0 Å². The first kappa shape index (κ1) is 17.0. The van der Waals surface area contributed by atoms with Gasteiger partial charge in [0, 0.05) is 0 Å². The van der Waals surface area contributed by atoms with E-state index < -0.39 is 10.0 Å². The molecule has 0 amide bonds. The summed E-state index contributed by atoms with van der Waals surface area (Å²) in [4.78, 5) is 0. The zero-order valence-corrected chi connectivity index (χ0v) is 14.7. The largest absolute Gasteiger partial charge is 0.397 e. The highest BCUT2D eigenvalue weighted by molar-refractivity contribution is 7.93. The number of thiocarbonyl (C=S) groups is 1. The molecular weight excluding hydrogens is 362 g/mol. The van der Waals surface area contributed by atoms with E-state index in [2.05, 4.69) is 10.0 Å². The SMILES string of the molecule is C[C@@H](NC(=S)NS(=O)(=O)c1sc(Cl)cc1N)c1ccccc1. The van der Waals surface area contributed by atoms with Crippen molar-refractivity contribution in [3.05, 3.63) is 46.3 Å². The molecule has 2 aromatic rings. The topological polar surface area (TPSA) is 84.2 Å². The average Bonchev–Trinajstić information content (AvgIpc) is 2.79. The summed E-state index contributed by atoms with van der Waals surface area (Å²) in [5.41, 5.74) is 6.73. The molecule has 1 heterocycles. The Hall–Kier alpha value is -1.35. The summed E-state index contributed by atoms with van der Waals surface area (Å²) in [5.74, 6) is 0. The molecule has 1 aromatic heterocycles. The number of nitrogen functional groups attached to an aromatic ring is 1. The van der Waals surface area contributed by atoms with Crippen LogP contribution in [0.15, 0.2) is 40.6 Å². The van der Waals surface area contributed by atoms with Crippen LogP contribution in [-0.2, 0) is 10.0 Å². The number of nitrogens with two attached hydrogens (primary N) is 1. The van der Waals surface area contributed by atoms with Gasteiger partial charge in [-0.1, -0.05) is 41.9 Å². The van der Waals surface area contributed by atoms with E-state index in [1.54, 1.807) is 0 Å². The lowest BCUT2D eigenvalue weighted by molar-refractivity contribution is 0.593. The van der Waals surface area contributed by atoms with Gasteiger partial charge in [-0.2, -0.15) is 0 Å². The lowest BCUT2D eigenvalue weighted by Crippen LogP contribution is -2.40. The van der Waals surface area contributed by atoms with Crippen LogP contribution in [0.3, 0.4) is 0 Å². The third kappa shape index (κ3) is 4.10. The lowest BCUT2D eigenvalue weighted by atomic mass is 10.1. The molecule has 5 nitrogen and oxygen atoms in total. The normalized spacial score (nSPS) is 12.6. The van der Waals surface area contributed by atoms with Gasteiger partial charge in [0.1, 0.15) is 0 Å². The van der Waals surface area contributed by atoms with Crippen molar-refractivity contribution >= 4 is 56.0 Å². The smallest absolute Gasteiger partial charge is 0.275 e. The molecular formula is C13H14ClN3O2S3. The van der Waals surface area contributed by atoms with Crippen LogP contribution in [0.1, 0.15) is 18.5 Å². The van der Waals surface area contributed by atoms with Gasteiger partial charge in [0.2, 0.25) is 0 Å². The molecule has 1 aromatic carbocycles. The summed E-state index contributed by atoms with van der Waals surface area (Å²) in [6.45, 7) is 1.88. The van der Waals surface area contributed by atoms with Gasteiger partial charge in [0.05, 0.1) is 16.1 Å². The molecule has 0 fully saturated rings. The predicted molar refractivity (Wildman–Crippen MR) is 94.7 cm³/mol. The number of nitrogens with one attached hydrogen (secondary N) is 2. The monoisotopic (exact) mass is 375 g/mol. The molecule has 0 radical (unpaired) electrons. The van der Waals surface area contributed by atoms with E-state index >= 15 is 0 Å². The Morgan fingerprint density at radius 2 is 2.00 bits per heavy atom. The minimum absolute atomic E-state index is 0.000255. The van der Waals surface area contributed by atoms with Crippen molar-refractivity contribution < 1.29 is 8.42 Å². The molecule has 118 valence electrons. The first-order chi connectivity index (χ1) is 10.3. The maximum Gasteiger partial charge on any atom is 0.275 e. The molecule has 9 heteroatoms. The summed E-state index contributed by atoms with van der Waals surface area (Å²) < 4.78 is 27.0. The van der Waals surface area contributed by atoms with Crippen molar-refractivity contribution in [1.82, 2.24) is 10.0 Å². The maximum atomic E-state index is 12.2. The van der Waals surface area contributed by atoms with Gasteiger partial charge >= 0.3 is 0 Å². The fraction of sp³-hybridized carbons (Fsp3) is 0.154. The Labute approximate surface area is 143 Å². The van der Waals surface area contributed by atoms with E-state index in [0.29, 0.717) is 4.34 Å². The van der Waals surface area contributed by atoms with Gasteiger partial charge in [0.25, 0.3) is 10.0 Å². The molecule has 0 saturated carbocycles. The van der Waals surface area contributed by atoms with Crippen LogP contribution in [0.2, 0.25) is 4.34 Å². The average molecular weight is 376 g/mol. The van der Waals surface area contributed by atoms with Crippen LogP contribution in [0.5, 0.6) is 0 Å². The number of sulfonamides is 1. The highest BCUT2D eigenvalue weighted by atomic mass is 35.5. The van der Waals surface area contributed by atoms with E-state index in [9.17, 15) is 8.42 Å². The van der Waals surface area contributed by atoms with Crippen LogP contribution in [0, 0.1) is 0 Å². The fourth-order valence-corrected chi connectivity index (χ4v) is 4.92. The second kappa shape index (κ2) is 6.82. The summed E-state index contributed by atoms with van der Waals surface area (Å²) in [6, 6.07) is 10.8. The Bertz CT molecular complexity index is 775. The lowest BCUT2D eigenvalue weighted by Gasteiger charge is -2.17. The van der Waals surface area contributed by atoms with Gasteiger partial charge in [-0.25, -0.2) is 8.42 Å². The molecule has 4 N–H and O–H groups in total. The molecule has 1 atom stereocenters. The second-order valence-electron chi connectivity index (χ2n) is 4.50. The molecule has 0 aliphatic rings. The van der Waals surface area contributed by atoms with E-state index in [0.717, 1.165) is 16.9 Å². The second-order valence-corrected chi connectivity index (χ2v) is 8.47. The third-order valence-electron chi connectivity index (χ3n) is 2.81. The van der Waals surface area contributed by atoms with Gasteiger partial charge in [-0.05, 0) is 30.8 Å². The standard InChI is InChI=1S/C13H14ClN3O2S3/c1-8(9-5-3-2-4-6-9)16-13(20)17-22(18,19)12-10(15)7-11(14)21-12/h2-8H,15H2,1H3,(H2,16,17,20)/t8-/m1/s1. The van der Waals surface area contributed by atoms with Gasteiger partial charge in [0.15, 0.2) is 9.32 Å². The van der Waals surface area contributed by atoms with Crippen LogP contribution < -0.4 is 15.8 Å². The Kier molecular flexibility index (Phi) is 5.28. The molecule has 0 aliphatic carbocycles. The van der Waals surface area contributed by atoms with Crippen LogP contribution in [0.4, 0.5) is 5.69 Å². The molecule has 22 heavy (non-hydrogen) atoms. The first-order valence-electron chi connectivity index (χ1n) is 6.22. The van der Waals surface area contributed by atoms with E-state index in [1.807, 2.05) is 37.3 Å².